The second kappa shape index (κ2) is 8.92. The fourth-order valence-electron chi connectivity index (χ4n) is 4.61. The molecule has 0 bridgehead atoms. The summed E-state index contributed by atoms with van der Waals surface area (Å²) in [7, 11) is 0. The van der Waals surface area contributed by atoms with Gasteiger partial charge in [-0.3, -0.25) is 4.79 Å². The number of carbonyl (C=O) groups excluding carboxylic acids is 1. The summed E-state index contributed by atoms with van der Waals surface area (Å²) in [6.07, 6.45) is 5.58. The van der Waals surface area contributed by atoms with E-state index in [0.29, 0.717) is 17.3 Å². The average molecular weight is 470 g/mol. The van der Waals surface area contributed by atoms with E-state index in [9.17, 15) is 4.79 Å². The molecule has 0 atom stereocenters. The molecule has 1 amide bonds. The molecular weight excluding hydrogens is 442 g/mol. The summed E-state index contributed by atoms with van der Waals surface area (Å²) in [5, 5.41) is 6.30. The van der Waals surface area contributed by atoms with Gasteiger partial charge in [-0.05, 0) is 49.0 Å². The fraction of sp³-hybridized carbons (Fsp3) is 0.269. The van der Waals surface area contributed by atoms with Crippen LogP contribution in [0.15, 0.2) is 61.1 Å². The number of hydrogen-bond donors (Lipinski definition) is 2. The molecule has 0 saturated carbocycles. The molecule has 9 heteroatoms. The van der Waals surface area contributed by atoms with Crippen molar-refractivity contribution in [2.24, 2.45) is 0 Å². The highest BCUT2D eigenvalue weighted by molar-refractivity contribution is 5.96. The van der Waals surface area contributed by atoms with E-state index in [1.165, 1.54) is 5.69 Å². The quantitative estimate of drug-likeness (QED) is 0.462. The molecule has 1 saturated heterocycles. The largest absolute Gasteiger partial charge is 0.482 e. The highest BCUT2D eigenvalue weighted by atomic mass is 16.5. The van der Waals surface area contributed by atoms with E-state index >= 15 is 0 Å². The SMILES string of the molecule is CCN1CCN(c2ccc(Nc3nc(-c4ccc5c(c4)NC(=O)CO5)cn4ccnc34)cc2)CC1. The van der Waals surface area contributed by atoms with Crippen LogP contribution in [0.4, 0.5) is 22.9 Å². The van der Waals surface area contributed by atoms with E-state index in [0.717, 1.165) is 55.3 Å². The standard InChI is InChI=1S/C26H27N7O2/c1-2-31-11-13-32(14-12-31)20-6-4-19(5-7-20)28-25-26-27-9-10-33(26)16-22(30-25)18-3-8-23-21(15-18)29-24(34)17-35-23/h3-10,15-16H,2,11-14,17H2,1H3,(H,28,30)(H,29,34). The zero-order chi connectivity index (χ0) is 23.8. The molecule has 2 aromatic heterocycles. The van der Waals surface area contributed by atoms with Crippen molar-refractivity contribution in [2.75, 3.05) is 54.9 Å². The molecular formula is C26H27N7O2. The monoisotopic (exact) mass is 469 g/mol. The Morgan fingerprint density at radius 3 is 2.71 bits per heavy atom. The molecule has 35 heavy (non-hydrogen) atoms. The Morgan fingerprint density at radius 2 is 1.91 bits per heavy atom. The molecule has 0 radical (unpaired) electrons. The van der Waals surface area contributed by atoms with Gasteiger partial charge in [0.2, 0.25) is 0 Å². The Morgan fingerprint density at radius 1 is 1.09 bits per heavy atom. The molecule has 0 aliphatic carbocycles. The van der Waals surface area contributed by atoms with Gasteiger partial charge in [-0.25, -0.2) is 9.97 Å². The summed E-state index contributed by atoms with van der Waals surface area (Å²) in [5.41, 5.74) is 5.19. The Labute approximate surface area is 203 Å². The third-order valence-electron chi connectivity index (χ3n) is 6.60. The number of nitrogens with zero attached hydrogens (tertiary/aromatic N) is 5. The molecule has 2 N–H and O–H groups in total. The van der Waals surface area contributed by atoms with Crippen molar-refractivity contribution in [2.45, 2.75) is 6.92 Å². The molecule has 9 nitrogen and oxygen atoms in total. The van der Waals surface area contributed by atoms with E-state index in [1.54, 1.807) is 6.20 Å². The smallest absolute Gasteiger partial charge is 0.262 e. The molecule has 2 aliphatic rings. The topological polar surface area (TPSA) is 87.0 Å². The number of anilines is 4. The number of fused-ring (bicyclic) bond motifs is 2. The van der Waals surface area contributed by atoms with Gasteiger partial charge in [0.1, 0.15) is 5.75 Å². The van der Waals surface area contributed by atoms with Crippen molar-refractivity contribution < 1.29 is 9.53 Å². The van der Waals surface area contributed by atoms with Gasteiger partial charge >= 0.3 is 0 Å². The number of benzene rings is 2. The summed E-state index contributed by atoms with van der Waals surface area (Å²) in [4.78, 5) is 26.0. The maximum Gasteiger partial charge on any atom is 0.262 e. The van der Waals surface area contributed by atoms with E-state index in [1.807, 2.05) is 35.0 Å². The van der Waals surface area contributed by atoms with Crippen molar-refractivity contribution in [3.8, 4) is 17.0 Å². The molecule has 2 aliphatic heterocycles. The van der Waals surface area contributed by atoms with Crippen LogP contribution >= 0.6 is 0 Å². The van der Waals surface area contributed by atoms with Gasteiger partial charge in [-0.1, -0.05) is 6.92 Å². The van der Waals surface area contributed by atoms with E-state index in [4.69, 9.17) is 9.72 Å². The zero-order valence-corrected chi connectivity index (χ0v) is 19.6. The van der Waals surface area contributed by atoms with Crippen LogP contribution in [0.1, 0.15) is 6.92 Å². The van der Waals surface area contributed by atoms with Gasteiger partial charge in [0.05, 0.1) is 11.4 Å². The molecule has 0 spiro atoms. The first-order chi connectivity index (χ1) is 17.2. The lowest BCUT2D eigenvalue weighted by atomic mass is 10.1. The molecule has 6 rings (SSSR count). The van der Waals surface area contributed by atoms with Crippen LogP contribution in [-0.2, 0) is 4.79 Å². The Bertz CT molecular complexity index is 1370. The third kappa shape index (κ3) is 4.26. The van der Waals surface area contributed by atoms with Crippen LogP contribution in [0.2, 0.25) is 0 Å². The van der Waals surface area contributed by atoms with Gasteiger partial charge in [-0.2, -0.15) is 0 Å². The van der Waals surface area contributed by atoms with Gasteiger partial charge in [0.15, 0.2) is 18.1 Å². The number of rotatable bonds is 5. The Balaban J connectivity index is 1.26. The Kier molecular flexibility index (Phi) is 5.46. The maximum absolute atomic E-state index is 11.7. The molecule has 178 valence electrons. The summed E-state index contributed by atoms with van der Waals surface area (Å²) < 4.78 is 7.43. The number of ether oxygens (including phenoxy) is 1. The van der Waals surface area contributed by atoms with Crippen LogP contribution in [0, 0.1) is 0 Å². The summed E-state index contributed by atoms with van der Waals surface area (Å²) >= 11 is 0. The number of carbonyl (C=O) groups is 1. The number of imidazole rings is 1. The van der Waals surface area contributed by atoms with E-state index < -0.39 is 0 Å². The van der Waals surface area contributed by atoms with Crippen LogP contribution in [0.3, 0.4) is 0 Å². The number of aromatic nitrogens is 3. The Hall–Kier alpha value is -4.11. The second-order valence-corrected chi connectivity index (χ2v) is 8.77. The second-order valence-electron chi connectivity index (χ2n) is 8.77. The minimum Gasteiger partial charge on any atom is -0.482 e. The minimum atomic E-state index is -0.161. The number of hydrogen-bond acceptors (Lipinski definition) is 7. The van der Waals surface area contributed by atoms with Crippen LogP contribution in [-0.4, -0.2) is 64.5 Å². The van der Waals surface area contributed by atoms with Crippen molar-refractivity contribution >= 4 is 34.4 Å². The highest BCUT2D eigenvalue weighted by Crippen LogP contribution is 2.33. The molecule has 0 unspecified atom stereocenters. The fourth-order valence-corrected chi connectivity index (χ4v) is 4.61. The maximum atomic E-state index is 11.7. The first-order valence-corrected chi connectivity index (χ1v) is 11.9. The number of nitrogens with one attached hydrogen (secondary N) is 2. The summed E-state index contributed by atoms with van der Waals surface area (Å²) in [6, 6.07) is 14.2. The summed E-state index contributed by atoms with van der Waals surface area (Å²) in [5.74, 6) is 1.16. The number of amides is 1. The third-order valence-corrected chi connectivity index (χ3v) is 6.60. The van der Waals surface area contributed by atoms with E-state index in [-0.39, 0.29) is 12.5 Å². The first-order valence-electron chi connectivity index (χ1n) is 11.9. The van der Waals surface area contributed by atoms with Crippen molar-refractivity contribution in [1.82, 2.24) is 19.3 Å². The average Bonchev–Trinajstić information content (AvgIpc) is 3.38. The van der Waals surface area contributed by atoms with Gasteiger partial charge in [-0.15, -0.1) is 0 Å². The van der Waals surface area contributed by atoms with Crippen LogP contribution in [0.25, 0.3) is 16.9 Å². The normalized spacial score (nSPS) is 16.0. The van der Waals surface area contributed by atoms with Gasteiger partial charge in [0.25, 0.3) is 5.91 Å². The van der Waals surface area contributed by atoms with Crippen LogP contribution < -0.4 is 20.3 Å². The predicted molar refractivity (Wildman–Crippen MR) is 137 cm³/mol. The lowest BCUT2D eigenvalue weighted by Gasteiger charge is -2.35. The minimum absolute atomic E-state index is 0.0351. The van der Waals surface area contributed by atoms with Crippen molar-refractivity contribution in [1.29, 1.82) is 0 Å². The molecule has 1 fully saturated rings. The first kappa shape index (κ1) is 21.4. The lowest BCUT2D eigenvalue weighted by Crippen LogP contribution is -2.46. The highest BCUT2D eigenvalue weighted by Gasteiger charge is 2.18. The van der Waals surface area contributed by atoms with Crippen LogP contribution in [0.5, 0.6) is 5.75 Å². The van der Waals surface area contributed by atoms with Crippen molar-refractivity contribution in [3.05, 3.63) is 61.1 Å². The van der Waals surface area contributed by atoms with Gasteiger partial charge in [0, 0.05) is 61.7 Å². The van der Waals surface area contributed by atoms with Crippen molar-refractivity contribution in [3.63, 3.8) is 0 Å². The number of piperazine rings is 1. The lowest BCUT2D eigenvalue weighted by molar-refractivity contribution is -0.118. The molecule has 4 heterocycles. The zero-order valence-electron chi connectivity index (χ0n) is 19.6. The van der Waals surface area contributed by atoms with E-state index in [2.05, 4.69) is 56.6 Å². The number of likely N-dealkylation sites (N-methyl/N-ethyl adjacent to an activating group) is 1. The molecule has 4 aromatic rings. The van der Waals surface area contributed by atoms with Gasteiger partial charge < -0.3 is 29.6 Å². The summed E-state index contributed by atoms with van der Waals surface area (Å²) in [6.45, 7) is 7.66. The molecule has 2 aromatic carbocycles. The predicted octanol–water partition coefficient (Wildman–Crippen LogP) is 3.61.